The fraction of sp³-hybridized carbons (Fsp3) is 0.353. The van der Waals surface area contributed by atoms with Crippen LogP contribution in [0.5, 0.6) is 0 Å². The average molecular weight is 314 g/mol. The van der Waals surface area contributed by atoms with Gasteiger partial charge >= 0.3 is 0 Å². The zero-order valence-corrected chi connectivity index (χ0v) is 13.3. The van der Waals surface area contributed by atoms with E-state index in [9.17, 15) is 9.59 Å². The standard InChI is InChI=1S/C17H18N2O4/c1-17(2,3)22-10-12-8-11(18-23-12)9-19-15(20)13-6-4-5-7-14(13)16(19)21/h4-8H,9-10H2,1-3H3. The normalized spacial score (nSPS) is 14.5. The molecule has 0 atom stereocenters. The number of aromatic nitrogens is 1. The van der Waals surface area contributed by atoms with E-state index in [4.69, 9.17) is 9.26 Å². The Kier molecular flexibility index (Phi) is 3.77. The van der Waals surface area contributed by atoms with Crippen molar-refractivity contribution in [1.82, 2.24) is 10.1 Å². The molecule has 1 aromatic carbocycles. The molecule has 6 heteroatoms. The van der Waals surface area contributed by atoms with Gasteiger partial charge in [0.05, 0.1) is 23.3 Å². The molecule has 1 aliphatic heterocycles. The van der Waals surface area contributed by atoms with Crippen LogP contribution in [0.15, 0.2) is 34.9 Å². The van der Waals surface area contributed by atoms with Gasteiger partial charge in [0.1, 0.15) is 12.3 Å². The van der Waals surface area contributed by atoms with E-state index < -0.39 is 0 Å². The number of fused-ring (bicyclic) bond motifs is 1. The largest absolute Gasteiger partial charge is 0.368 e. The Balaban J connectivity index is 1.71. The third-order valence-corrected chi connectivity index (χ3v) is 3.45. The van der Waals surface area contributed by atoms with Gasteiger partial charge in [-0.25, -0.2) is 0 Å². The smallest absolute Gasteiger partial charge is 0.261 e. The first kappa shape index (κ1) is 15.4. The van der Waals surface area contributed by atoms with Crippen molar-refractivity contribution in [3.8, 4) is 0 Å². The van der Waals surface area contributed by atoms with Gasteiger partial charge in [0, 0.05) is 6.07 Å². The lowest BCUT2D eigenvalue weighted by Crippen LogP contribution is -2.29. The van der Waals surface area contributed by atoms with E-state index in [0.717, 1.165) is 0 Å². The van der Waals surface area contributed by atoms with E-state index in [2.05, 4.69) is 5.16 Å². The molecule has 0 aliphatic carbocycles. The maximum atomic E-state index is 12.3. The third-order valence-electron chi connectivity index (χ3n) is 3.45. The SMILES string of the molecule is CC(C)(C)OCc1cc(CN2C(=O)c3ccccc3C2=O)no1. The average Bonchev–Trinajstić information content (AvgIpc) is 3.04. The predicted octanol–water partition coefficient (Wildman–Crippen LogP) is 2.79. The lowest BCUT2D eigenvalue weighted by molar-refractivity contribution is -0.0241. The van der Waals surface area contributed by atoms with Crippen molar-refractivity contribution >= 4 is 11.8 Å². The van der Waals surface area contributed by atoms with Gasteiger partial charge in [-0.3, -0.25) is 14.5 Å². The Bertz CT molecular complexity index is 723. The van der Waals surface area contributed by atoms with Crippen LogP contribution >= 0.6 is 0 Å². The molecule has 0 saturated heterocycles. The maximum Gasteiger partial charge on any atom is 0.261 e. The lowest BCUT2D eigenvalue weighted by atomic mass is 10.1. The number of benzene rings is 1. The van der Waals surface area contributed by atoms with Crippen molar-refractivity contribution in [3.63, 3.8) is 0 Å². The minimum Gasteiger partial charge on any atom is -0.368 e. The van der Waals surface area contributed by atoms with Gasteiger partial charge in [-0.15, -0.1) is 0 Å². The summed E-state index contributed by atoms with van der Waals surface area (Å²) in [5.41, 5.74) is 1.09. The molecule has 0 radical (unpaired) electrons. The predicted molar refractivity (Wildman–Crippen MR) is 81.7 cm³/mol. The molecule has 2 amide bonds. The van der Waals surface area contributed by atoms with Gasteiger partial charge < -0.3 is 9.26 Å². The van der Waals surface area contributed by atoms with Crippen LogP contribution in [0.4, 0.5) is 0 Å². The Morgan fingerprint density at radius 3 is 2.30 bits per heavy atom. The Hall–Kier alpha value is -2.47. The van der Waals surface area contributed by atoms with Crippen LogP contribution in [-0.4, -0.2) is 27.5 Å². The summed E-state index contributed by atoms with van der Waals surface area (Å²) in [5, 5.41) is 3.91. The van der Waals surface area contributed by atoms with Crippen LogP contribution in [0.3, 0.4) is 0 Å². The molecule has 3 rings (SSSR count). The summed E-state index contributed by atoms with van der Waals surface area (Å²) in [6.45, 7) is 6.22. The molecule has 23 heavy (non-hydrogen) atoms. The molecule has 0 bridgehead atoms. The van der Waals surface area contributed by atoms with Crippen molar-refractivity contribution in [1.29, 1.82) is 0 Å². The summed E-state index contributed by atoms with van der Waals surface area (Å²) >= 11 is 0. The third kappa shape index (κ3) is 3.17. The number of rotatable bonds is 4. The minimum absolute atomic E-state index is 0.0887. The summed E-state index contributed by atoms with van der Waals surface area (Å²) in [6, 6.07) is 8.49. The van der Waals surface area contributed by atoms with Crippen molar-refractivity contribution in [2.45, 2.75) is 39.5 Å². The molecule has 0 N–H and O–H groups in total. The first-order valence-electron chi connectivity index (χ1n) is 7.39. The minimum atomic E-state index is -0.305. The molecule has 2 heterocycles. The molecule has 0 spiro atoms. The van der Waals surface area contributed by atoms with E-state index in [0.29, 0.717) is 29.2 Å². The second-order valence-corrected chi connectivity index (χ2v) is 6.43. The van der Waals surface area contributed by atoms with E-state index >= 15 is 0 Å². The second kappa shape index (κ2) is 5.62. The molecule has 0 saturated carbocycles. The van der Waals surface area contributed by atoms with Gasteiger partial charge in [-0.2, -0.15) is 0 Å². The first-order valence-corrected chi connectivity index (χ1v) is 7.39. The Morgan fingerprint density at radius 2 is 1.74 bits per heavy atom. The van der Waals surface area contributed by atoms with E-state index in [1.54, 1.807) is 30.3 Å². The fourth-order valence-electron chi connectivity index (χ4n) is 2.33. The van der Waals surface area contributed by atoms with Gasteiger partial charge in [0.25, 0.3) is 11.8 Å². The highest BCUT2D eigenvalue weighted by atomic mass is 16.5. The van der Waals surface area contributed by atoms with Crippen LogP contribution in [0, 0.1) is 0 Å². The number of hydrogen-bond donors (Lipinski definition) is 0. The summed E-state index contributed by atoms with van der Waals surface area (Å²) in [6.07, 6.45) is 0. The number of ether oxygens (including phenoxy) is 1. The maximum absolute atomic E-state index is 12.3. The van der Waals surface area contributed by atoms with Crippen LogP contribution in [-0.2, 0) is 17.9 Å². The fourth-order valence-corrected chi connectivity index (χ4v) is 2.33. The molecule has 6 nitrogen and oxygen atoms in total. The van der Waals surface area contributed by atoms with Crippen molar-refractivity contribution in [2.24, 2.45) is 0 Å². The van der Waals surface area contributed by atoms with Crippen LogP contribution in [0.1, 0.15) is 52.9 Å². The molecule has 1 aliphatic rings. The first-order chi connectivity index (χ1) is 10.8. The zero-order valence-electron chi connectivity index (χ0n) is 13.3. The van der Waals surface area contributed by atoms with Gasteiger partial charge in [0.2, 0.25) is 0 Å². The Morgan fingerprint density at radius 1 is 1.13 bits per heavy atom. The lowest BCUT2D eigenvalue weighted by Gasteiger charge is -2.17. The highest BCUT2D eigenvalue weighted by Crippen LogP contribution is 2.24. The Labute approximate surface area is 134 Å². The van der Waals surface area contributed by atoms with E-state index in [1.165, 1.54) is 4.90 Å². The van der Waals surface area contributed by atoms with Gasteiger partial charge in [0.15, 0.2) is 5.76 Å². The van der Waals surface area contributed by atoms with Crippen molar-refractivity contribution < 1.29 is 18.8 Å². The number of hydrogen-bond acceptors (Lipinski definition) is 5. The number of carbonyl (C=O) groups excluding carboxylic acids is 2. The number of amides is 2. The summed E-state index contributed by atoms with van der Waals surface area (Å²) < 4.78 is 10.8. The summed E-state index contributed by atoms with van der Waals surface area (Å²) in [7, 11) is 0. The van der Waals surface area contributed by atoms with E-state index in [1.807, 2.05) is 20.8 Å². The summed E-state index contributed by atoms with van der Waals surface area (Å²) in [5.74, 6) is -0.0475. The molecule has 0 unspecified atom stereocenters. The monoisotopic (exact) mass is 314 g/mol. The number of nitrogens with zero attached hydrogens (tertiary/aromatic N) is 2. The molecule has 0 fully saturated rings. The molecular weight excluding hydrogens is 296 g/mol. The highest BCUT2D eigenvalue weighted by molar-refractivity contribution is 6.21. The van der Waals surface area contributed by atoms with Gasteiger partial charge in [-0.1, -0.05) is 17.3 Å². The van der Waals surface area contributed by atoms with Crippen LogP contribution in [0.25, 0.3) is 0 Å². The number of carbonyl (C=O) groups is 2. The topological polar surface area (TPSA) is 72.6 Å². The molecule has 1 aromatic heterocycles. The molecule has 120 valence electrons. The van der Waals surface area contributed by atoms with Crippen molar-refractivity contribution in [3.05, 3.63) is 52.9 Å². The molecule has 2 aromatic rings. The van der Waals surface area contributed by atoms with Crippen LogP contribution < -0.4 is 0 Å². The van der Waals surface area contributed by atoms with E-state index in [-0.39, 0.29) is 24.0 Å². The molecular formula is C17H18N2O4. The van der Waals surface area contributed by atoms with Gasteiger partial charge in [-0.05, 0) is 32.9 Å². The van der Waals surface area contributed by atoms with Crippen LogP contribution in [0.2, 0.25) is 0 Å². The highest BCUT2D eigenvalue weighted by Gasteiger charge is 2.35. The quantitative estimate of drug-likeness (QED) is 0.811. The summed E-state index contributed by atoms with van der Waals surface area (Å²) in [4.78, 5) is 25.8. The van der Waals surface area contributed by atoms with Crippen molar-refractivity contribution in [2.75, 3.05) is 0 Å². The number of imide groups is 1. The second-order valence-electron chi connectivity index (χ2n) is 6.43. The zero-order chi connectivity index (χ0) is 16.6.